The van der Waals surface area contributed by atoms with Gasteiger partial charge in [-0.05, 0) is 30.0 Å². The highest BCUT2D eigenvalue weighted by Crippen LogP contribution is 2.17. The van der Waals surface area contributed by atoms with Gasteiger partial charge in [0.25, 0.3) is 0 Å². The molecule has 1 N–H and O–H groups in total. The van der Waals surface area contributed by atoms with Crippen molar-refractivity contribution in [2.45, 2.75) is 13.3 Å². The molecule has 1 atom stereocenters. The van der Waals surface area contributed by atoms with E-state index in [1.807, 2.05) is 6.92 Å². The summed E-state index contributed by atoms with van der Waals surface area (Å²) in [6, 6.07) is 4.61. The summed E-state index contributed by atoms with van der Waals surface area (Å²) >= 11 is 5.60. The minimum absolute atomic E-state index is 0.0715. The zero-order valence-corrected chi connectivity index (χ0v) is 8.18. The van der Waals surface area contributed by atoms with Gasteiger partial charge in [0.15, 0.2) is 0 Å². The van der Waals surface area contributed by atoms with E-state index < -0.39 is 0 Å². The van der Waals surface area contributed by atoms with Crippen LogP contribution in [-0.4, -0.2) is 11.7 Å². The van der Waals surface area contributed by atoms with Crippen LogP contribution in [0.2, 0.25) is 5.02 Å². The highest BCUT2D eigenvalue weighted by molar-refractivity contribution is 6.30. The standard InChI is InChI=1S/C10H12ClFO/c1-7(6-13)4-8-2-3-9(11)5-10(8)12/h2-3,5,7,13H,4,6H2,1H3. The largest absolute Gasteiger partial charge is 0.396 e. The van der Waals surface area contributed by atoms with Crippen molar-refractivity contribution in [2.24, 2.45) is 5.92 Å². The summed E-state index contributed by atoms with van der Waals surface area (Å²) < 4.78 is 13.2. The summed E-state index contributed by atoms with van der Waals surface area (Å²) in [5, 5.41) is 9.19. The number of aliphatic hydroxyl groups is 1. The summed E-state index contributed by atoms with van der Waals surface area (Å²) in [6.45, 7) is 1.94. The number of rotatable bonds is 3. The van der Waals surface area contributed by atoms with Gasteiger partial charge < -0.3 is 5.11 Å². The van der Waals surface area contributed by atoms with Crippen LogP contribution in [0.5, 0.6) is 0 Å². The van der Waals surface area contributed by atoms with E-state index in [0.717, 1.165) is 0 Å². The Morgan fingerprint density at radius 1 is 1.54 bits per heavy atom. The van der Waals surface area contributed by atoms with Crippen LogP contribution in [0.15, 0.2) is 18.2 Å². The zero-order valence-electron chi connectivity index (χ0n) is 7.43. The van der Waals surface area contributed by atoms with E-state index in [-0.39, 0.29) is 18.3 Å². The fourth-order valence-electron chi connectivity index (χ4n) is 1.13. The first-order chi connectivity index (χ1) is 6.13. The molecule has 1 nitrogen and oxygen atoms in total. The van der Waals surface area contributed by atoms with Crippen molar-refractivity contribution in [3.8, 4) is 0 Å². The molecule has 0 radical (unpaired) electrons. The normalized spacial score (nSPS) is 12.9. The van der Waals surface area contributed by atoms with Gasteiger partial charge in [0, 0.05) is 11.6 Å². The lowest BCUT2D eigenvalue weighted by Crippen LogP contribution is -2.05. The van der Waals surface area contributed by atoms with Gasteiger partial charge in [-0.25, -0.2) is 4.39 Å². The fraction of sp³-hybridized carbons (Fsp3) is 0.400. The Bertz CT molecular complexity index is 288. The molecule has 0 spiro atoms. The van der Waals surface area contributed by atoms with E-state index in [9.17, 15) is 4.39 Å². The Morgan fingerprint density at radius 2 is 2.23 bits per heavy atom. The molecule has 0 bridgehead atoms. The van der Waals surface area contributed by atoms with E-state index in [1.165, 1.54) is 6.07 Å². The average molecular weight is 203 g/mol. The molecule has 0 saturated carbocycles. The van der Waals surface area contributed by atoms with E-state index >= 15 is 0 Å². The Morgan fingerprint density at radius 3 is 2.77 bits per heavy atom. The van der Waals surface area contributed by atoms with Crippen LogP contribution in [0.4, 0.5) is 4.39 Å². The van der Waals surface area contributed by atoms with E-state index in [1.54, 1.807) is 12.1 Å². The lowest BCUT2D eigenvalue weighted by atomic mass is 10.0. The first-order valence-corrected chi connectivity index (χ1v) is 4.56. The molecule has 1 unspecified atom stereocenters. The lowest BCUT2D eigenvalue weighted by molar-refractivity contribution is 0.236. The lowest BCUT2D eigenvalue weighted by Gasteiger charge is -2.08. The maximum absolute atomic E-state index is 13.2. The van der Waals surface area contributed by atoms with Gasteiger partial charge in [-0.2, -0.15) is 0 Å². The second kappa shape index (κ2) is 4.58. The minimum Gasteiger partial charge on any atom is -0.396 e. The molecule has 0 aromatic heterocycles. The maximum atomic E-state index is 13.2. The molecule has 13 heavy (non-hydrogen) atoms. The second-order valence-electron chi connectivity index (χ2n) is 3.23. The molecule has 0 saturated heterocycles. The average Bonchev–Trinajstić information content (AvgIpc) is 2.09. The van der Waals surface area contributed by atoms with Crippen LogP contribution in [0, 0.1) is 11.7 Å². The van der Waals surface area contributed by atoms with Crippen molar-refractivity contribution in [1.29, 1.82) is 0 Å². The van der Waals surface area contributed by atoms with E-state index in [0.29, 0.717) is 17.0 Å². The summed E-state index contributed by atoms with van der Waals surface area (Å²) in [4.78, 5) is 0. The molecule has 3 heteroatoms. The summed E-state index contributed by atoms with van der Waals surface area (Å²) in [6.07, 6.45) is 0.541. The van der Waals surface area contributed by atoms with Gasteiger partial charge in [-0.3, -0.25) is 0 Å². The second-order valence-corrected chi connectivity index (χ2v) is 3.66. The Balaban J connectivity index is 2.77. The van der Waals surface area contributed by atoms with Gasteiger partial charge in [0.2, 0.25) is 0 Å². The van der Waals surface area contributed by atoms with Gasteiger partial charge in [0.05, 0.1) is 0 Å². The molecule has 0 aliphatic carbocycles. The van der Waals surface area contributed by atoms with Crippen molar-refractivity contribution < 1.29 is 9.50 Å². The smallest absolute Gasteiger partial charge is 0.127 e. The van der Waals surface area contributed by atoms with Crippen LogP contribution in [-0.2, 0) is 6.42 Å². The molecule has 1 aromatic carbocycles. The van der Waals surface area contributed by atoms with E-state index in [2.05, 4.69) is 0 Å². The highest BCUT2D eigenvalue weighted by atomic mass is 35.5. The van der Waals surface area contributed by atoms with Crippen LogP contribution >= 0.6 is 11.6 Å². The number of aliphatic hydroxyl groups excluding tert-OH is 1. The number of halogens is 2. The predicted octanol–water partition coefficient (Wildman–Crippen LogP) is 2.65. The quantitative estimate of drug-likeness (QED) is 0.799. The summed E-state index contributed by atoms with van der Waals surface area (Å²) in [5.74, 6) is -0.219. The third-order valence-electron chi connectivity index (χ3n) is 1.90. The molecule has 0 aliphatic rings. The molecule has 0 aliphatic heterocycles. The number of hydrogen-bond donors (Lipinski definition) is 1. The van der Waals surface area contributed by atoms with Gasteiger partial charge in [-0.1, -0.05) is 24.6 Å². The van der Waals surface area contributed by atoms with Crippen molar-refractivity contribution in [2.75, 3.05) is 6.61 Å². The molecule has 1 rings (SSSR count). The number of hydrogen-bond acceptors (Lipinski definition) is 1. The molecule has 0 amide bonds. The fourth-order valence-corrected chi connectivity index (χ4v) is 1.29. The third-order valence-corrected chi connectivity index (χ3v) is 2.13. The van der Waals surface area contributed by atoms with Crippen molar-refractivity contribution >= 4 is 11.6 Å². The van der Waals surface area contributed by atoms with Gasteiger partial charge in [-0.15, -0.1) is 0 Å². The van der Waals surface area contributed by atoms with Gasteiger partial charge >= 0.3 is 0 Å². The third kappa shape index (κ3) is 2.98. The van der Waals surface area contributed by atoms with Crippen LogP contribution < -0.4 is 0 Å². The monoisotopic (exact) mass is 202 g/mol. The van der Waals surface area contributed by atoms with Gasteiger partial charge in [0.1, 0.15) is 5.82 Å². The highest BCUT2D eigenvalue weighted by Gasteiger charge is 2.07. The first kappa shape index (κ1) is 10.5. The number of benzene rings is 1. The molecule has 1 aromatic rings. The zero-order chi connectivity index (χ0) is 9.84. The molecule has 0 heterocycles. The van der Waals surface area contributed by atoms with Crippen molar-refractivity contribution in [3.63, 3.8) is 0 Å². The van der Waals surface area contributed by atoms with Crippen LogP contribution in [0.25, 0.3) is 0 Å². The van der Waals surface area contributed by atoms with Crippen LogP contribution in [0.3, 0.4) is 0 Å². The SMILES string of the molecule is CC(CO)Cc1ccc(Cl)cc1F. The minimum atomic E-state index is -0.298. The summed E-state index contributed by atoms with van der Waals surface area (Å²) in [5.41, 5.74) is 0.603. The topological polar surface area (TPSA) is 20.2 Å². The summed E-state index contributed by atoms with van der Waals surface area (Å²) in [7, 11) is 0. The van der Waals surface area contributed by atoms with Crippen molar-refractivity contribution in [1.82, 2.24) is 0 Å². The van der Waals surface area contributed by atoms with Crippen molar-refractivity contribution in [3.05, 3.63) is 34.6 Å². The molecule has 72 valence electrons. The Labute approximate surface area is 82.2 Å². The maximum Gasteiger partial charge on any atom is 0.127 e. The molecular weight excluding hydrogens is 191 g/mol. The first-order valence-electron chi connectivity index (χ1n) is 4.18. The Hall–Kier alpha value is -0.600. The van der Waals surface area contributed by atoms with E-state index in [4.69, 9.17) is 16.7 Å². The molecular formula is C10H12ClFO. The molecule has 0 fully saturated rings. The predicted molar refractivity (Wildman–Crippen MR) is 51.4 cm³/mol. The Kier molecular flexibility index (Phi) is 3.70. The van der Waals surface area contributed by atoms with Crippen LogP contribution in [0.1, 0.15) is 12.5 Å².